The summed E-state index contributed by atoms with van der Waals surface area (Å²) in [5, 5.41) is 33.5. The number of aliphatic hydroxyl groups is 1. The Balaban J connectivity index is -0.0000000208. The molecule has 0 saturated heterocycles. The summed E-state index contributed by atoms with van der Waals surface area (Å²) in [5.74, 6) is -0.833. The molecule has 0 bridgehead atoms. The van der Waals surface area contributed by atoms with Gasteiger partial charge in [-0.1, -0.05) is 39.4 Å². The van der Waals surface area contributed by atoms with Crippen LogP contribution in [0.25, 0.3) is 0 Å². The van der Waals surface area contributed by atoms with Gasteiger partial charge in [0, 0.05) is 6.92 Å². The zero-order chi connectivity index (χ0) is 17.1. The van der Waals surface area contributed by atoms with Gasteiger partial charge in [0.1, 0.15) is 6.21 Å². The zero-order valence-electron chi connectivity index (χ0n) is 12.8. The smallest absolute Gasteiger partial charge is 0.516 e. The van der Waals surface area contributed by atoms with Crippen LogP contribution in [0.4, 0.5) is 0 Å². The van der Waals surface area contributed by atoms with Crippen molar-refractivity contribution in [1.29, 1.82) is 0 Å². The number of nitrogens with zero attached hydrogens (tertiary/aromatic N) is 2. The number of carboxylic acids is 1. The molecule has 0 atom stereocenters. The maximum atomic E-state index is 9.10. The van der Waals surface area contributed by atoms with E-state index in [1.165, 1.54) is 0 Å². The fourth-order valence-corrected chi connectivity index (χ4v) is 0.0272. The van der Waals surface area contributed by atoms with E-state index in [1.54, 1.807) is 0 Å². The van der Waals surface area contributed by atoms with Gasteiger partial charge in [0.05, 0.1) is 6.26 Å². The molecule has 0 aromatic heterocycles. The molecule has 3 N–H and O–H groups in total. The van der Waals surface area contributed by atoms with Crippen LogP contribution in [0.1, 0.15) is 34.6 Å². The van der Waals surface area contributed by atoms with Crippen LogP contribution in [0.3, 0.4) is 0 Å². The van der Waals surface area contributed by atoms with E-state index in [4.69, 9.17) is 35.1 Å². The van der Waals surface area contributed by atoms with Crippen LogP contribution < -0.4 is 29.6 Å². The molecule has 0 radical (unpaired) electrons. The molecule has 0 aromatic carbocycles. The van der Waals surface area contributed by atoms with Crippen molar-refractivity contribution in [2.45, 2.75) is 34.6 Å². The third kappa shape index (κ3) is 13200. The van der Waals surface area contributed by atoms with Crippen LogP contribution in [0.15, 0.2) is 23.3 Å². The summed E-state index contributed by atoms with van der Waals surface area (Å²) in [6, 6.07) is 0. The average Bonchev–Trinajstić information content (AvgIpc) is 2.36. The number of carboxylic acid groups (broad SMARTS) is 1. The summed E-state index contributed by atoms with van der Waals surface area (Å²) >= 11 is 0. The molecule has 0 amide bonds. The van der Waals surface area contributed by atoms with Crippen molar-refractivity contribution in [3.63, 3.8) is 0 Å². The number of hydrogen-bond acceptors (Lipinski definition) is 8. The molecule has 0 unspecified atom stereocenters. The Bertz CT molecular complexity index is 180. The minimum Gasteiger partial charge on any atom is -0.516 e. The standard InChI is InChI=1S/C2H3NO2.C2H4O2.C2H4O.2C2H6.HNO2.Na/c4-2-1-3-5;1-2(3)4;1-2-3;2*1-2;2-1-3;/h1-2,5H;1H3,(H,3,4);2-3H,1H2;2*1-2H3;(H,2,3);/q;;;;;;+1/p-1. The summed E-state index contributed by atoms with van der Waals surface area (Å²) in [7, 11) is 0. The number of carbonyl (C=O) groups is 2. The number of hydrogen-bond donors (Lipinski definition) is 3. The Labute approximate surface area is 141 Å². The van der Waals surface area contributed by atoms with Gasteiger partial charge in [-0.15, -0.1) is 5.34 Å². The van der Waals surface area contributed by atoms with Crippen molar-refractivity contribution in [2.24, 2.45) is 10.5 Å². The van der Waals surface area contributed by atoms with Gasteiger partial charge < -0.3 is 25.5 Å². The van der Waals surface area contributed by atoms with Gasteiger partial charge >= 0.3 is 29.6 Å². The summed E-state index contributed by atoms with van der Waals surface area (Å²) in [6.07, 6.45) is 1.89. The van der Waals surface area contributed by atoms with E-state index >= 15 is 0 Å². The monoisotopic (exact) mass is 306 g/mol. The predicted octanol–water partition coefficient (Wildman–Crippen LogP) is -0.269. The second-order valence-electron chi connectivity index (χ2n) is 1.18. The molecule has 0 spiro atoms. The molecular formula is C10H23N2NaO7. The third-order valence-corrected chi connectivity index (χ3v) is 0.128. The molecule has 20 heavy (non-hydrogen) atoms. The number of rotatable bonds is 1. The van der Waals surface area contributed by atoms with Crippen molar-refractivity contribution in [2.75, 3.05) is 0 Å². The minimum absolute atomic E-state index is 0. The largest absolute Gasteiger partial charge is 1.00 e. The second-order valence-corrected chi connectivity index (χ2v) is 1.18. The SMILES string of the molecule is C=CO.CC.CC.CC(=O)O.O=CC=NO.O=N[O-].[Na+]. The normalized spacial score (nSPS) is 5.25. The van der Waals surface area contributed by atoms with E-state index in [0.717, 1.165) is 24.7 Å². The number of aliphatic carboxylic acids is 1. The van der Waals surface area contributed by atoms with Crippen molar-refractivity contribution >= 4 is 18.5 Å². The number of oxime groups is 1. The Kier molecular flexibility index (Phi) is 240. The summed E-state index contributed by atoms with van der Waals surface area (Å²) < 4.78 is 0. The first-order chi connectivity index (χ1) is 8.97. The average molecular weight is 306 g/mol. The fourth-order valence-electron chi connectivity index (χ4n) is 0.0272. The molecule has 9 nitrogen and oxygen atoms in total. The summed E-state index contributed by atoms with van der Waals surface area (Å²) in [6.45, 7) is 12.0. The van der Waals surface area contributed by atoms with Gasteiger partial charge in [-0.05, 0) is 0 Å². The maximum absolute atomic E-state index is 9.10. The molecule has 10 heteroatoms. The van der Waals surface area contributed by atoms with Crippen LogP contribution in [-0.4, -0.2) is 33.9 Å². The predicted molar refractivity (Wildman–Crippen MR) is 74.3 cm³/mol. The second kappa shape index (κ2) is 112. The molecule has 0 heterocycles. The molecule has 0 rings (SSSR count). The minimum atomic E-state index is -0.833. The molecule has 0 aliphatic rings. The van der Waals surface area contributed by atoms with E-state index in [9.17, 15) is 0 Å². The molecule has 0 aliphatic heterocycles. The van der Waals surface area contributed by atoms with Gasteiger partial charge in [0.2, 0.25) is 0 Å². The summed E-state index contributed by atoms with van der Waals surface area (Å²) in [4.78, 5) is 26.1. The Morgan fingerprint density at radius 1 is 1.25 bits per heavy atom. The quantitative estimate of drug-likeness (QED) is 0.114. The van der Waals surface area contributed by atoms with Crippen LogP contribution >= 0.6 is 0 Å². The first-order valence-electron chi connectivity index (χ1n) is 4.99. The zero-order valence-corrected chi connectivity index (χ0v) is 14.8. The Morgan fingerprint density at radius 3 is 1.40 bits per heavy atom. The number of carbonyl (C=O) groups excluding carboxylic acids is 1. The molecule has 0 aromatic rings. The van der Waals surface area contributed by atoms with Crippen LogP contribution in [0.2, 0.25) is 0 Å². The fraction of sp³-hybridized carbons (Fsp3) is 0.500. The van der Waals surface area contributed by atoms with Gasteiger partial charge in [0.15, 0.2) is 6.29 Å². The first kappa shape index (κ1) is 42.8. The Hall–Kier alpha value is -1.45. The van der Waals surface area contributed by atoms with Gasteiger partial charge in [-0.3, -0.25) is 9.59 Å². The van der Waals surface area contributed by atoms with Crippen molar-refractivity contribution < 1.29 is 54.6 Å². The van der Waals surface area contributed by atoms with Gasteiger partial charge in [0.25, 0.3) is 5.97 Å². The maximum Gasteiger partial charge on any atom is 1.00 e. The molecule has 0 saturated carbocycles. The van der Waals surface area contributed by atoms with Crippen LogP contribution in [0.5, 0.6) is 0 Å². The van der Waals surface area contributed by atoms with Crippen LogP contribution in [0, 0.1) is 10.1 Å². The molecule has 0 aliphatic carbocycles. The van der Waals surface area contributed by atoms with Gasteiger partial charge in [-0.2, -0.15) is 0 Å². The molecule has 116 valence electrons. The number of aldehydes is 1. The first-order valence-corrected chi connectivity index (χ1v) is 4.99. The number of aliphatic hydroxyl groups excluding tert-OH is 1. The topological polar surface area (TPSA) is 160 Å². The third-order valence-electron chi connectivity index (χ3n) is 0.128. The Morgan fingerprint density at radius 2 is 1.40 bits per heavy atom. The van der Waals surface area contributed by atoms with Crippen LogP contribution in [-0.2, 0) is 9.59 Å². The molecular weight excluding hydrogens is 283 g/mol. The van der Waals surface area contributed by atoms with E-state index in [-0.39, 0.29) is 29.6 Å². The molecule has 0 fully saturated rings. The van der Waals surface area contributed by atoms with Gasteiger partial charge in [-0.25, -0.2) is 0 Å². The van der Waals surface area contributed by atoms with Crippen molar-refractivity contribution in [3.8, 4) is 0 Å². The van der Waals surface area contributed by atoms with Crippen molar-refractivity contribution in [1.82, 2.24) is 0 Å². The van der Waals surface area contributed by atoms with E-state index in [2.05, 4.69) is 11.7 Å². The summed E-state index contributed by atoms with van der Waals surface area (Å²) in [5.41, 5.74) is 0. The van der Waals surface area contributed by atoms with E-state index in [1.807, 2.05) is 27.7 Å². The van der Waals surface area contributed by atoms with Crippen molar-refractivity contribution in [3.05, 3.63) is 23.0 Å². The van der Waals surface area contributed by atoms with E-state index in [0.29, 0.717) is 6.29 Å². The van der Waals surface area contributed by atoms with E-state index < -0.39 is 5.97 Å².